The summed E-state index contributed by atoms with van der Waals surface area (Å²) in [5.74, 6) is -2.43. The largest absolute Gasteiger partial charge is 0.390 e. The number of aliphatic hydroxyl groups excluding tert-OH is 2. The number of ketones is 4. The Labute approximate surface area is 387 Å². The number of aliphatic hydroxyl groups is 2. The Hall–Kier alpha value is -3.70. The molecule has 7 rings (SSSR count). The number of ether oxygens (including phenoxy) is 4. The van der Waals surface area contributed by atoms with Crippen molar-refractivity contribution in [3.8, 4) is 0 Å². The van der Waals surface area contributed by atoms with Crippen molar-refractivity contribution in [3.63, 3.8) is 0 Å². The minimum atomic E-state index is -2.32. The van der Waals surface area contributed by atoms with Gasteiger partial charge in [-0.1, -0.05) is 56.5 Å². The molecule has 2 aromatic rings. The number of rotatable bonds is 19. The van der Waals surface area contributed by atoms with Gasteiger partial charge in [0.2, 0.25) is 0 Å². The van der Waals surface area contributed by atoms with E-state index in [1.165, 1.54) is 30.8 Å². The van der Waals surface area contributed by atoms with Gasteiger partial charge in [-0.2, -0.15) is 21.4 Å². The fourth-order valence-corrected chi connectivity index (χ4v) is 12.1. The van der Waals surface area contributed by atoms with Crippen molar-refractivity contribution < 1.29 is 66.7 Å². The van der Waals surface area contributed by atoms with Crippen LogP contribution in [0.2, 0.25) is 0 Å². The van der Waals surface area contributed by atoms with Crippen molar-refractivity contribution in [1.82, 2.24) is 0 Å². The van der Waals surface area contributed by atoms with Crippen LogP contribution in [0.5, 0.6) is 0 Å². The number of carbonyl (C=O) groups excluding carboxylic acids is 6. The molecule has 65 heavy (non-hydrogen) atoms. The molecule has 4 aliphatic carbocycles. The number of alkyl halides is 2. The molecule has 2 aromatic carbocycles. The van der Waals surface area contributed by atoms with Crippen LogP contribution in [0.4, 0.5) is 8.78 Å². The van der Waals surface area contributed by atoms with Gasteiger partial charge in [0.05, 0.1) is 37.3 Å². The maximum atomic E-state index is 17.7. The van der Waals surface area contributed by atoms with Gasteiger partial charge >= 0.3 is 6.15 Å². The van der Waals surface area contributed by atoms with Crippen molar-refractivity contribution in [2.24, 2.45) is 22.7 Å². The monoisotopic (exact) mass is 942 g/mol. The van der Waals surface area contributed by atoms with Crippen LogP contribution in [0.15, 0.2) is 82.1 Å². The predicted molar refractivity (Wildman–Crippen MR) is 238 cm³/mol. The molecule has 0 radical (unpaired) electrons. The Morgan fingerprint density at radius 3 is 2.35 bits per heavy atom. The number of carbonyl (C=O) groups is 4. The molecule has 0 spiro atoms. The van der Waals surface area contributed by atoms with Crippen molar-refractivity contribution in [2.45, 2.75) is 124 Å². The van der Waals surface area contributed by atoms with Crippen LogP contribution in [0.25, 0.3) is 0 Å². The van der Waals surface area contributed by atoms with Gasteiger partial charge in [0, 0.05) is 58.0 Å². The summed E-state index contributed by atoms with van der Waals surface area (Å²) in [5, 5.41) is 22.1. The highest BCUT2D eigenvalue weighted by Crippen LogP contribution is 2.72. The lowest BCUT2D eigenvalue weighted by Crippen LogP contribution is -2.70. The first kappa shape index (κ1) is 52.3. The fraction of sp³-hybridized carbons (Fsp3) is 0.571. The van der Waals surface area contributed by atoms with Gasteiger partial charge in [-0.05, 0) is 99.3 Å². The predicted octanol–water partition coefficient (Wildman–Crippen LogP) is 7.17. The van der Waals surface area contributed by atoms with E-state index < -0.39 is 76.8 Å². The van der Waals surface area contributed by atoms with Gasteiger partial charge in [0.15, 0.2) is 29.1 Å². The van der Waals surface area contributed by atoms with E-state index in [1.54, 1.807) is 18.7 Å². The molecule has 0 bridgehead atoms. The number of thioether (sulfide) groups is 1. The number of Topliss-reactive ketones (excluding diaryl/α,β-unsaturated/α-hetero) is 3. The fourth-order valence-electron chi connectivity index (χ4n) is 10.8. The molecule has 4 fully saturated rings. The third-order valence-corrected chi connectivity index (χ3v) is 16.0. The second-order valence-electron chi connectivity index (χ2n) is 17.5. The molecule has 1 saturated heterocycles. The number of hydrogen-bond acceptors (Lipinski definition) is 14. The lowest BCUT2D eigenvalue weighted by atomic mass is 9.44. The molecule has 1 aliphatic heterocycles. The summed E-state index contributed by atoms with van der Waals surface area (Å²) in [6.07, 6.45) is 2.21. The first-order valence-electron chi connectivity index (χ1n) is 21.5. The van der Waals surface area contributed by atoms with Gasteiger partial charge in [-0.15, -0.1) is 0 Å². The standard InChI is InChI=1S/C47H56F2O10S2.CO2.CH4/c1-28(60-4)39(53)9-6-17-56-19-20-57-18-15-32(52)21-29-7-5-8-34(22-29)61-33-12-10-30(11-13-33)43-58-42-25-35-36-24-38(48)37-23-31(51)14-16-44(37,2)46(36,49)40(54)26-45(35,3)47(42,59-43)41(55)27-50;2-1-3;/h5,7-8,10-14,16,22-23,28,35-36,38,40,42-43,50,54H,6,9,15,17-21,24-27H2,1-4H3;;1H4/t28?,35-,36-,38-,40-,42+,43+,44-,45-,46-,47+;;/m0../s1. The number of allylic oxidation sites excluding steroid dienone is 4. The molecule has 5 aliphatic rings. The minimum Gasteiger partial charge on any atom is -0.390 e. The van der Waals surface area contributed by atoms with Crippen molar-refractivity contribution in [2.75, 3.05) is 39.3 Å². The van der Waals surface area contributed by atoms with Crippen LogP contribution >= 0.6 is 23.5 Å². The molecule has 3 saturated carbocycles. The molecule has 1 unspecified atom stereocenters. The quantitative estimate of drug-likeness (QED) is 0.135. The van der Waals surface area contributed by atoms with E-state index in [9.17, 15) is 29.4 Å². The van der Waals surface area contributed by atoms with E-state index in [1.807, 2.05) is 61.7 Å². The highest BCUT2D eigenvalue weighted by molar-refractivity contribution is 8.00. The maximum absolute atomic E-state index is 17.7. The van der Waals surface area contributed by atoms with Crippen LogP contribution in [0.1, 0.15) is 84.1 Å². The van der Waals surface area contributed by atoms with E-state index in [2.05, 4.69) is 0 Å². The first-order valence-corrected chi connectivity index (χ1v) is 23.7. The van der Waals surface area contributed by atoms with E-state index in [0.29, 0.717) is 44.8 Å². The zero-order valence-corrected chi connectivity index (χ0v) is 38.1. The minimum absolute atomic E-state index is 0. The Morgan fingerprint density at radius 1 is 0.985 bits per heavy atom. The summed E-state index contributed by atoms with van der Waals surface area (Å²) in [6.45, 7) is 5.93. The van der Waals surface area contributed by atoms with Gasteiger partial charge in [-0.3, -0.25) is 19.2 Å². The summed E-state index contributed by atoms with van der Waals surface area (Å²) in [7, 11) is 0. The second kappa shape index (κ2) is 21.9. The molecule has 354 valence electrons. The van der Waals surface area contributed by atoms with E-state index >= 15 is 8.78 Å². The van der Waals surface area contributed by atoms with Crippen LogP contribution in [0, 0.1) is 22.7 Å². The number of halogens is 2. The zero-order chi connectivity index (χ0) is 46.5. The second-order valence-corrected chi connectivity index (χ2v) is 19.9. The lowest BCUT2D eigenvalue weighted by Gasteiger charge is -2.63. The summed E-state index contributed by atoms with van der Waals surface area (Å²) >= 11 is 3.06. The normalized spacial score (nSPS) is 32.2. The third kappa shape index (κ3) is 10.1. The summed E-state index contributed by atoms with van der Waals surface area (Å²) < 4.78 is 57.9. The smallest absolute Gasteiger partial charge is 0.373 e. The molecule has 12 nitrogen and oxygen atoms in total. The number of benzene rings is 2. The summed E-state index contributed by atoms with van der Waals surface area (Å²) in [4.78, 5) is 68.8. The highest BCUT2D eigenvalue weighted by atomic mass is 32.2. The Bertz CT molecular complexity index is 2140. The molecule has 2 N–H and O–H groups in total. The van der Waals surface area contributed by atoms with Crippen LogP contribution in [-0.4, -0.2) is 114 Å². The maximum Gasteiger partial charge on any atom is 0.373 e. The van der Waals surface area contributed by atoms with Crippen LogP contribution in [0.3, 0.4) is 0 Å². The van der Waals surface area contributed by atoms with E-state index in [0.717, 1.165) is 21.4 Å². The molecule has 0 aromatic heterocycles. The number of fused-ring (bicyclic) bond motifs is 7. The van der Waals surface area contributed by atoms with Gasteiger partial charge in [0.1, 0.15) is 24.3 Å². The first-order chi connectivity index (χ1) is 30.5. The van der Waals surface area contributed by atoms with E-state index in [-0.39, 0.29) is 68.1 Å². The van der Waals surface area contributed by atoms with Gasteiger partial charge < -0.3 is 29.2 Å². The lowest BCUT2D eigenvalue weighted by molar-refractivity contribution is -0.235. The van der Waals surface area contributed by atoms with Gasteiger partial charge in [0.25, 0.3) is 0 Å². The van der Waals surface area contributed by atoms with E-state index in [4.69, 9.17) is 28.5 Å². The molecular formula is C49H60F2O12S2. The SMILES string of the molecule is C.CSC(C)C(=O)CCCOCCOCCC(=O)Cc1cccc(Sc2ccc([C@@H]3O[C@@H]4C[C@H]5[C@@H]6C[C@H](F)C7=CC(=O)C=C[C@]7(C)[C@@]6(F)[C@@H](O)C[C@]5(C)[C@]4(C(=O)CO)O3)cc2)c1.O=C=O. The summed E-state index contributed by atoms with van der Waals surface area (Å²) in [5.41, 5.74) is -5.29. The molecular weight excluding hydrogens is 883 g/mol. The highest BCUT2D eigenvalue weighted by Gasteiger charge is 2.80. The Morgan fingerprint density at radius 2 is 1.68 bits per heavy atom. The number of hydrogen-bond donors (Lipinski definition) is 2. The van der Waals surface area contributed by atoms with Crippen LogP contribution in [-0.2, 0) is 54.1 Å². The molecule has 11 atom stereocenters. The third-order valence-electron chi connectivity index (χ3n) is 14.0. The van der Waals surface area contributed by atoms with Crippen LogP contribution < -0.4 is 0 Å². The zero-order valence-electron chi connectivity index (χ0n) is 36.4. The Kier molecular flexibility index (Phi) is 17.6. The summed E-state index contributed by atoms with van der Waals surface area (Å²) in [6, 6.07) is 15.2. The van der Waals surface area contributed by atoms with Crippen molar-refractivity contribution >= 4 is 52.8 Å². The molecule has 1 heterocycles. The topological polar surface area (TPSA) is 180 Å². The molecule has 0 amide bonds. The Balaban J connectivity index is 0.00000193. The van der Waals surface area contributed by atoms with Crippen molar-refractivity contribution in [1.29, 1.82) is 0 Å². The van der Waals surface area contributed by atoms with Gasteiger partial charge in [-0.25, -0.2) is 8.78 Å². The average Bonchev–Trinajstić information content (AvgIpc) is 3.77. The average molecular weight is 943 g/mol. The van der Waals surface area contributed by atoms with Crippen molar-refractivity contribution in [3.05, 3.63) is 83.5 Å². The molecule has 16 heteroatoms.